The number of alkyl carbamates (subject to hydrolysis) is 1. The first kappa shape index (κ1) is 14.3. The van der Waals surface area contributed by atoms with Crippen LogP contribution in [0.2, 0.25) is 0 Å². The lowest BCUT2D eigenvalue weighted by atomic mass is 9.38. The molecule has 0 saturated heterocycles. The highest BCUT2D eigenvalue weighted by atomic mass is 16.6. The van der Waals surface area contributed by atoms with Gasteiger partial charge in [-0.05, 0) is 51.7 Å². The lowest BCUT2D eigenvalue weighted by molar-refractivity contribution is -0.0908. The van der Waals surface area contributed by atoms with Gasteiger partial charge in [0.1, 0.15) is 5.60 Å². The molecule has 1 aromatic rings. The molecule has 2 bridgehead atoms. The Morgan fingerprint density at radius 3 is 2.52 bits per heavy atom. The van der Waals surface area contributed by atoms with Gasteiger partial charge >= 0.3 is 6.09 Å². The van der Waals surface area contributed by atoms with Crippen molar-refractivity contribution >= 4 is 6.09 Å². The molecule has 2 N–H and O–H groups in total. The molecule has 0 spiro atoms. The third kappa shape index (κ3) is 2.50. The third-order valence-corrected chi connectivity index (χ3v) is 4.35. The number of aromatic nitrogens is 1. The van der Waals surface area contributed by atoms with Crippen LogP contribution >= 0.6 is 0 Å². The maximum Gasteiger partial charge on any atom is 0.408 e. The number of pyridine rings is 1. The highest BCUT2D eigenvalue weighted by Gasteiger charge is 2.70. The molecular weight excluding hydrogens is 268 g/mol. The summed E-state index contributed by atoms with van der Waals surface area (Å²) in [6, 6.07) is 3.90. The van der Waals surface area contributed by atoms with Crippen molar-refractivity contribution in [3.05, 3.63) is 29.6 Å². The quantitative estimate of drug-likeness (QED) is 0.896. The van der Waals surface area contributed by atoms with E-state index in [0.29, 0.717) is 0 Å². The lowest BCUT2D eigenvalue weighted by Crippen LogP contribution is -2.77. The number of nitrogens with zero attached hydrogens (tertiary/aromatic N) is 1. The minimum absolute atomic E-state index is 0.0183. The van der Waals surface area contributed by atoms with Crippen LogP contribution in [0.1, 0.15) is 51.3 Å². The van der Waals surface area contributed by atoms with E-state index in [-0.39, 0.29) is 23.7 Å². The molecule has 114 valence electrons. The molecule has 4 rings (SSSR count). The summed E-state index contributed by atoms with van der Waals surface area (Å²) in [6.07, 6.45) is 4.16. The SMILES string of the molecule is CC(C)(C)OC(=O)NC12CC(c3ccc(CO)cn3)(C1)C2. The Hall–Kier alpha value is -1.62. The topological polar surface area (TPSA) is 71.5 Å². The van der Waals surface area contributed by atoms with Crippen molar-refractivity contribution in [3.63, 3.8) is 0 Å². The lowest BCUT2D eigenvalue weighted by Gasteiger charge is -2.70. The Kier molecular flexibility index (Phi) is 3.03. The molecule has 3 aliphatic rings. The van der Waals surface area contributed by atoms with Crippen LogP contribution < -0.4 is 5.32 Å². The maximum atomic E-state index is 11.8. The summed E-state index contributed by atoms with van der Waals surface area (Å²) in [5.41, 5.74) is 1.44. The number of nitrogens with one attached hydrogen (secondary N) is 1. The van der Waals surface area contributed by atoms with Crippen LogP contribution in [0.4, 0.5) is 4.79 Å². The summed E-state index contributed by atoms with van der Waals surface area (Å²) in [5.74, 6) is 0. The zero-order valence-electron chi connectivity index (χ0n) is 12.8. The van der Waals surface area contributed by atoms with Gasteiger partial charge in [0.25, 0.3) is 0 Å². The van der Waals surface area contributed by atoms with Gasteiger partial charge in [-0.3, -0.25) is 4.98 Å². The van der Waals surface area contributed by atoms with E-state index >= 15 is 0 Å². The molecule has 5 heteroatoms. The zero-order valence-corrected chi connectivity index (χ0v) is 12.8. The van der Waals surface area contributed by atoms with Crippen molar-refractivity contribution in [3.8, 4) is 0 Å². The summed E-state index contributed by atoms with van der Waals surface area (Å²) < 4.78 is 5.31. The predicted molar refractivity (Wildman–Crippen MR) is 77.8 cm³/mol. The molecule has 3 saturated carbocycles. The number of carbonyl (C=O) groups excluding carboxylic acids is 1. The second-order valence-corrected chi connectivity index (χ2v) is 7.43. The first-order chi connectivity index (χ1) is 9.76. The number of hydrogen-bond acceptors (Lipinski definition) is 4. The third-order valence-electron chi connectivity index (χ3n) is 4.35. The highest BCUT2D eigenvalue weighted by molar-refractivity contribution is 5.70. The average Bonchev–Trinajstić information content (AvgIpc) is 2.30. The average molecular weight is 290 g/mol. The monoisotopic (exact) mass is 290 g/mol. The van der Waals surface area contributed by atoms with Gasteiger partial charge in [0, 0.05) is 22.8 Å². The molecule has 1 amide bonds. The fourth-order valence-electron chi connectivity index (χ4n) is 3.54. The van der Waals surface area contributed by atoms with Gasteiger partial charge in [-0.15, -0.1) is 0 Å². The Balaban J connectivity index is 1.58. The van der Waals surface area contributed by atoms with Crippen LogP contribution in [0, 0.1) is 0 Å². The van der Waals surface area contributed by atoms with Gasteiger partial charge in [-0.25, -0.2) is 4.79 Å². The van der Waals surface area contributed by atoms with E-state index in [0.717, 1.165) is 30.5 Å². The number of amides is 1. The molecule has 0 radical (unpaired) electrons. The Bertz CT molecular complexity index is 540. The Morgan fingerprint density at radius 1 is 1.38 bits per heavy atom. The molecule has 0 atom stereocenters. The van der Waals surface area contributed by atoms with E-state index in [9.17, 15) is 4.79 Å². The van der Waals surface area contributed by atoms with Crippen LogP contribution in [-0.4, -0.2) is 27.3 Å². The highest BCUT2D eigenvalue weighted by Crippen LogP contribution is 2.67. The first-order valence-electron chi connectivity index (χ1n) is 7.33. The number of hydrogen-bond donors (Lipinski definition) is 2. The molecule has 5 nitrogen and oxygen atoms in total. The molecule has 1 aromatic heterocycles. The molecule has 3 aliphatic carbocycles. The second-order valence-electron chi connectivity index (χ2n) is 7.43. The van der Waals surface area contributed by atoms with Gasteiger partial charge in [-0.2, -0.15) is 0 Å². The molecule has 21 heavy (non-hydrogen) atoms. The Labute approximate surface area is 124 Å². The number of ether oxygens (including phenoxy) is 1. The second kappa shape index (κ2) is 4.44. The standard InChI is InChI=1S/C16H22N2O3/c1-14(2,3)21-13(20)18-16-8-15(9-16,10-16)12-5-4-11(7-19)6-17-12/h4-6,19H,7-10H2,1-3H3,(H,18,20). The van der Waals surface area contributed by atoms with Crippen molar-refractivity contribution in [1.29, 1.82) is 0 Å². The van der Waals surface area contributed by atoms with Crippen LogP contribution in [0.3, 0.4) is 0 Å². The molecule has 1 heterocycles. The van der Waals surface area contributed by atoms with E-state index in [1.807, 2.05) is 32.9 Å². The van der Waals surface area contributed by atoms with Gasteiger partial charge < -0.3 is 15.2 Å². The van der Waals surface area contributed by atoms with E-state index < -0.39 is 5.60 Å². The molecule has 0 unspecified atom stereocenters. The maximum absolute atomic E-state index is 11.8. The fourth-order valence-corrected chi connectivity index (χ4v) is 3.54. The minimum Gasteiger partial charge on any atom is -0.444 e. The first-order valence-corrected chi connectivity index (χ1v) is 7.33. The van der Waals surface area contributed by atoms with Crippen molar-refractivity contribution < 1.29 is 14.6 Å². The smallest absolute Gasteiger partial charge is 0.408 e. The van der Waals surface area contributed by atoms with E-state index in [2.05, 4.69) is 10.3 Å². The van der Waals surface area contributed by atoms with Crippen molar-refractivity contribution in [2.24, 2.45) is 0 Å². The van der Waals surface area contributed by atoms with Crippen molar-refractivity contribution in [2.45, 2.75) is 63.2 Å². The summed E-state index contributed by atoms with van der Waals surface area (Å²) in [5, 5.41) is 12.0. The molecule has 3 fully saturated rings. The normalized spacial score (nSPS) is 30.1. The van der Waals surface area contributed by atoms with E-state index in [1.165, 1.54) is 0 Å². The fraction of sp³-hybridized carbons (Fsp3) is 0.625. The van der Waals surface area contributed by atoms with Crippen LogP contribution in [0.15, 0.2) is 18.3 Å². The van der Waals surface area contributed by atoms with E-state index in [1.54, 1.807) is 6.20 Å². The van der Waals surface area contributed by atoms with Crippen molar-refractivity contribution in [2.75, 3.05) is 0 Å². The van der Waals surface area contributed by atoms with Crippen molar-refractivity contribution in [1.82, 2.24) is 10.3 Å². The summed E-state index contributed by atoms with van der Waals surface area (Å²) in [4.78, 5) is 16.3. The van der Waals surface area contributed by atoms with Crippen LogP contribution in [-0.2, 0) is 16.8 Å². The van der Waals surface area contributed by atoms with Crippen LogP contribution in [0.25, 0.3) is 0 Å². The number of rotatable bonds is 3. The Morgan fingerprint density at radius 2 is 2.05 bits per heavy atom. The number of carbonyl (C=O) groups is 1. The van der Waals surface area contributed by atoms with Gasteiger partial charge in [0.2, 0.25) is 0 Å². The summed E-state index contributed by atoms with van der Waals surface area (Å²) in [7, 11) is 0. The molecule has 0 aliphatic heterocycles. The molecular formula is C16H22N2O3. The summed E-state index contributed by atoms with van der Waals surface area (Å²) >= 11 is 0. The molecule has 0 aromatic carbocycles. The number of aliphatic hydroxyl groups excluding tert-OH is 1. The van der Waals surface area contributed by atoms with Gasteiger partial charge in [-0.1, -0.05) is 6.07 Å². The predicted octanol–water partition coefficient (Wildman–Crippen LogP) is 2.27. The van der Waals surface area contributed by atoms with Gasteiger partial charge in [0.05, 0.1) is 6.61 Å². The van der Waals surface area contributed by atoms with Gasteiger partial charge in [0.15, 0.2) is 0 Å². The summed E-state index contributed by atoms with van der Waals surface area (Å²) in [6.45, 7) is 5.61. The number of aliphatic hydroxyl groups is 1. The zero-order chi connectivity index (χ0) is 15.3. The van der Waals surface area contributed by atoms with Crippen LogP contribution in [0.5, 0.6) is 0 Å². The minimum atomic E-state index is -0.465. The van der Waals surface area contributed by atoms with E-state index in [4.69, 9.17) is 9.84 Å². The largest absolute Gasteiger partial charge is 0.444 e.